The number of hydrogen-bond acceptors (Lipinski definition) is 0. The Balaban J connectivity index is 3.45. The second kappa shape index (κ2) is 4.17. The highest BCUT2D eigenvalue weighted by molar-refractivity contribution is 5.63. The summed E-state index contributed by atoms with van der Waals surface area (Å²) in [4.78, 5) is 0. The lowest BCUT2D eigenvalue weighted by Crippen LogP contribution is -2.13. The van der Waals surface area contributed by atoms with Crippen LogP contribution in [0.2, 0.25) is 0 Å². The fraction of sp³-hybridized carbons (Fsp3) is 0.385. The van der Waals surface area contributed by atoms with Crippen LogP contribution in [0.1, 0.15) is 37.5 Å². The molecule has 0 radical (unpaired) electrons. The van der Waals surface area contributed by atoms with E-state index in [1.807, 2.05) is 0 Å². The molecule has 1 rings (SSSR count). The average Bonchev–Trinajstić information content (AvgIpc) is 2.14. The Bertz CT molecular complexity index is 403. The third-order valence-electron chi connectivity index (χ3n) is 2.44. The molecule has 0 spiro atoms. The van der Waals surface area contributed by atoms with Gasteiger partial charge in [0.1, 0.15) is 0 Å². The molecule has 0 bridgehead atoms. The van der Waals surface area contributed by atoms with Gasteiger partial charge in [0.25, 0.3) is 11.8 Å². The molecular weight excluding hydrogens is 232 g/mol. The van der Waals surface area contributed by atoms with E-state index < -0.39 is 23.0 Å². The predicted octanol–water partition coefficient (Wildman–Crippen LogP) is 4.94. The molecular formula is C13H14F4. The third kappa shape index (κ3) is 3.32. The molecule has 0 nitrogen and oxygen atoms in total. The minimum atomic E-state index is -3.15. The lowest BCUT2D eigenvalue weighted by Gasteiger charge is -2.18. The summed E-state index contributed by atoms with van der Waals surface area (Å²) in [5.41, 5.74) is -0.0637. The van der Waals surface area contributed by atoms with Gasteiger partial charge >= 0.3 is 0 Å². The Morgan fingerprint density at radius 2 is 1.29 bits per heavy atom. The van der Waals surface area contributed by atoms with E-state index in [-0.39, 0.29) is 0 Å². The van der Waals surface area contributed by atoms with Crippen molar-refractivity contribution in [2.24, 2.45) is 0 Å². The molecule has 0 saturated heterocycles. The van der Waals surface area contributed by atoms with E-state index in [1.54, 1.807) is 6.92 Å². The molecule has 0 N–H and O–H groups in total. The number of rotatable bonds is 3. The van der Waals surface area contributed by atoms with E-state index in [0.717, 1.165) is 6.07 Å². The number of allylic oxidation sites excluding steroid dienone is 1. The van der Waals surface area contributed by atoms with Gasteiger partial charge in [-0.05, 0) is 30.7 Å². The van der Waals surface area contributed by atoms with Crippen LogP contribution in [0.4, 0.5) is 17.6 Å². The first-order chi connectivity index (χ1) is 7.51. The summed E-state index contributed by atoms with van der Waals surface area (Å²) in [5, 5.41) is 0. The number of halogens is 4. The van der Waals surface area contributed by atoms with Crippen molar-refractivity contribution in [3.8, 4) is 0 Å². The first kappa shape index (κ1) is 13.7. The smallest absolute Gasteiger partial charge is 0.202 e. The van der Waals surface area contributed by atoms with Gasteiger partial charge in [0.05, 0.1) is 0 Å². The highest BCUT2D eigenvalue weighted by Crippen LogP contribution is 2.35. The molecule has 1 aromatic carbocycles. The number of benzene rings is 1. The first-order valence-corrected chi connectivity index (χ1v) is 5.09. The van der Waals surface area contributed by atoms with Crippen LogP contribution < -0.4 is 0 Å². The molecule has 0 aromatic heterocycles. The van der Waals surface area contributed by atoms with Gasteiger partial charge in [-0.3, -0.25) is 0 Å². The second-order valence-electron chi connectivity index (χ2n) is 4.36. The topological polar surface area (TPSA) is 0 Å². The van der Waals surface area contributed by atoms with Crippen LogP contribution in [-0.2, 0) is 11.8 Å². The number of hydrogen-bond donors (Lipinski definition) is 0. The van der Waals surface area contributed by atoms with Crippen molar-refractivity contribution >= 4 is 5.57 Å². The van der Waals surface area contributed by atoms with Gasteiger partial charge in [-0.2, -0.15) is 0 Å². The van der Waals surface area contributed by atoms with E-state index in [2.05, 4.69) is 6.58 Å². The molecule has 0 heterocycles. The fourth-order valence-corrected chi connectivity index (χ4v) is 1.38. The first-order valence-electron chi connectivity index (χ1n) is 5.09. The maximum atomic E-state index is 13.2. The summed E-state index contributed by atoms with van der Waals surface area (Å²) in [7, 11) is 0. The second-order valence-corrected chi connectivity index (χ2v) is 4.36. The number of alkyl halides is 4. The van der Waals surface area contributed by atoms with Crippen LogP contribution in [0.3, 0.4) is 0 Å². The third-order valence-corrected chi connectivity index (χ3v) is 2.44. The summed E-state index contributed by atoms with van der Waals surface area (Å²) in [6.45, 7) is 6.54. The van der Waals surface area contributed by atoms with Crippen LogP contribution in [0.25, 0.3) is 5.57 Å². The van der Waals surface area contributed by atoms with Crippen LogP contribution in [0.15, 0.2) is 24.8 Å². The Kier molecular flexibility index (Phi) is 3.37. The Labute approximate surface area is 98.0 Å². The molecule has 0 aliphatic rings. The molecule has 0 fully saturated rings. The van der Waals surface area contributed by atoms with Gasteiger partial charge in [0.15, 0.2) is 0 Å². The van der Waals surface area contributed by atoms with E-state index in [1.165, 1.54) is 12.1 Å². The van der Waals surface area contributed by atoms with E-state index >= 15 is 0 Å². The largest absolute Gasteiger partial charge is 0.270 e. The molecule has 0 atom stereocenters. The van der Waals surface area contributed by atoms with Gasteiger partial charge in [-0.15, -0.1) is 0 Å². The van der Waals surface area contributed by atoms with Crippen LogP contribution in [0, 0.1) is 0 Å². The standard InChI is InChI=1S/C13H14F4/c1-8(2)9-5-10(12(3,14)15)7-11(6-9)13(4,16)17/h5-7H,1H2,2-4H3. The zero-order valence-electron chi connectivity index (χ0n) is 9.95. The van der Waals surface area contributed by atoms with Gasteiger partial charge in [0.2, 0.25) is 0 Å². The van der Waals surface area contributed by atoms with Gasteiger partial charge in [-0.25, -0.2) is 17.6 Å². The van der Waals surface area contributed by atoms with Crippen molar-refractivity contribution in [3.63, 3.8) is 0 Å². The van der Waals surface area contributed by atoms with Gasteiger partial charge < -0.3 is 0 Å². The summed E-state index contributed by atoms with van der Waals surface area (Å²) in [6.07, 6.45) is 0. The quantitative estimate of drug-likeness (QED) is 0.662. The van der Waals surface area contributed by atoms with E-state index in [4.69, 9.17) is 0 Å². The van der Waals surface area contributed by atoms with Crippen molar-refractivity contribution in [1.82, 2.24) is 0 Å². The van der Waals surface area contributed by atoms with Crippen molar-refractivity contribution in [2.75, 3.05) is 0 Å². The van der Waals surface area contributed by atoms with Crippen molar-refractivity contribution in [2.45, 2.75) is 32.6 Å². The molecule has 17 heavy (non-hydrogen) atoms. The van der Waals surface area contributed by atoms with Crippen LogP contribution >= 0.6 is 0 Å². The van der Waals surface area contributed by atoms with Crippen molar-refractivity contribution < 1.29 is 17.6 Å². The Hall–Kier alpha value is -1.32. The molecule has 0 unspecified atom stereocenters. The van der Waals surface area contributed by atoms with Crippen molar-refractivity contribution in [1.29, 1.82) is 0 Å². The Morgan fingerprint density at radius 1 is 0.941 bits per heavy atom. The SMILES string of the molecule is C=C(C)c1cc(C(C)(F)F)cc(C(C)(F)F)c1. The minimum absolute atomic E-state index is 0.306. The zero-order valence-corrected chi connectivity index (χ0v) is 9.95. The average molecular weight is 246 g/mol. The van der Waals surface area contributed by atoms with E-state index in [0.29, 0.717) is 25.0 Å². The van der Waals surface area contributed by atoms with E-state index in [9.17, 15) is 17.6 Å². The fourth-order valence-electron chi connectivity index (χ4n) is 1.38. The summed E-state index contributed by atoms with van der Waals surface area (Å²) >= 11 is 0. The van der Waals surface area contributed by atoms with Crippen LogP contribution in [0.5, 0.6) is 0 Å². The summed E-state index contributed by atoms with van der Waals surface area (Å²) in [5.74, 6) is -6.29. The molecule has 1 aromatic rings. The maximum absolute atomic E-state index is 13.2. The monoisotopic (exact) mass is 246 g/mol. The normalized spacial score (nSPS) is 12.6. The lowest BCUT2D eigenvalue weighted by molar-refractivity contribution is 0.0105. The molecule has 0 saturated carbocycles. The molecule has 94 valence electrons. The lowest BCUT2D eigenvalue weighted by atomic mass is 9.96. The summed E-state index contributed by atoms with van der Waals surface area (Å²) in [6, 6.07) is 3.22. The van der Waals surface area contributed by atoms with Gasteiger partial charge in [0, 0.05) is 25.0 Å². The highest BCUT2D eigenvalue weighted by Gasteiger charge is 2.30. The van der Waals surface area contributed by atoms with Crippen LogP contribution in [-0.4, -0.2) is 0 Å². The van der Waals surface area contributed by atoms with Gasteiger partial charge in [-0.1, -0.05) is 12.2 Å². The maximum Gasteiger partial charge on any atom is 0.270 e. The highest BCUT2D eigenvalue weighted by atomic mass is 19.3. The summed E-state index contributed by atoms with van der Waals surface area (Å²) < 4.78 is 52.8. The molecule has 0 aliphatic carbocycles. The molecule has 0 amide bonds. The van der Waals surface area contributed by atoms with Crippen molar-refractivity contribution in [3.05, 3.63) is 41.5 Å². The zero-order chi connectivity index (χ0) is 13.4. The molecule has 4 heteroatoms. The molecule has 0 aliphatic heterocycles. The minimum Gasteiger partial charge on any atom is -0.202 e. The predicted molar refractivity (Wildman–Crippen MR) is 60.3 cm³/mol. The Morgan fingerprint density at radius 3 is 1.53 bits per heavy atom.